The largest absolute Gasteiger partial charge is 0.493 e. The van der Waals surface area contributed by atoms with Gasteiger partial charge in [-0.3, -0.25) is 9.59 Å². The van der Waals surface area contributed by atoms with Crippen molar-refractivity contribution in [2.75, 3.05) is 14.2 Å². The molecular weight excluding hydrogens is 368 g/mol. The van der Waals surface area contributed by atoms with Crippen LogP contribution in [0.25, 0.3) is 0 Å². The number of rotatable bonds is 6. The maximum Gasteiger partial charge on any atom is 0.263 e. The lowest BCUT2D eigenvalue weighted by atomic mass is 10.0. The van der Waals surface area contributed by atoms with Crippen LogP contribution < -0.4 is 20.3 Å². The van der Waals surface area contributed by atoms with Gasteiger partial charge in [0.15, 0.2) is 11.5 Å². The Hall–Kier alpha value is -2.76. The molecule has 29 heavy (non-hydrogen) atoms. The Labute approximate surface area is 171 Å². The van der Waals surface area contributed by atoms with Gasteiger partial charge in [-0.25, -0.2) is 0 Å². The summed E-state index contributed by atoms with van der Waals surface area (Å²) in [7, 11) is 3.21. The standard InChI is InChI=1S/C23H30N2O4/c1-13(2)12-25-15(4)9-14(3)21(23(25)27)22(26)24-18-8-7-16-10-19(28-5)20(29-6)11-17(16)18/h9-11,13,18H,7-8,12H2,1-6H3,(H,24,26)/t18-/m0/s1. The van der Waals surface area contributed by atoms with E-state index in [1.807, 2.05) is 32.0 Å². The Morgan fingerprint density at radius 3 is 2.45 bits per heavy atom. The maximum atomic E-state index is 13.1. The first-order valence-electron chi connectivity index (χ1n) is 10.0. The van der Waals surface area contributed by atoms with E-state index in [4.69, 9.17) is 9.47 Å². The molecule has 1 atom stereocenters. The number of fused-ring (bicyclic) bond motifs is 1. The van der Waals surface area contributed by atoms with Crippen molar-refractivity contribution >= 4 is 5.91 Å². The highest BCUT2D eigenvalue weighted by Crippen LogP contribution is 2.39. The first-order valence-corrected chi connectivity index (χ1v) is 10.0. The zero-order chi connectivity index (χ0) is 21.3. The van der Waals surface area contributed by atoms with Crippen molar-refractivity contribution < 1.29 is 14.3 Å². The third kappa shape index (κ3) is 4.02. The molecule has 2 aromatic rings. The number of carbonyl (C=O) groups is 1. The van der Waals surface area contributed by atoms with Crippen molar-refractivity contribution in [1.29, 1.82) is 0 Å². The fraction of sp³-hybridized carbons (Fsp3) is 0.478. The second-order valence-electron chi connectivity index (χ2n) is 8.12. The zero-order valence-corrected chi connectivity index (χ0v) is 18.1. The first-order chi connectivity index (χ1) is 13.8. The summed E-state index contributed by atoms with van der Waals surface area (Å²) in [6.45, 7) is 8.44. The van der Waals surface area contributed by atoms with Crippen LogP contribution in [0, 0.1) is 19.8 Å². The van der Waals surface area contributed by atoms with E-state index in [1.54, 1.807) is 18.8 Å². The zero-order valence-electron chi connectivity index (χ0n) is 18.1. The molecule has 1 aromatic carbocycles. The molecular formula is C23H30N2O4. The quantitative estimate of drug-likeness (QED) is 0.808. The topological polar surface area (TPSA) is 69.6 Å². The summed E-state index contributed by atoms with van der Waals surface area (Å²) in [5.74, 6) is 1.31. The van der Waals surface area contributed by atoms with Gasteiger partial charge >= 0.3 is 0 Å². The number of nitrogens with one attached hydrogen (secondary N) is 1. The number of amides is 1. The molecule has 1 amide bonds. The molecule has 0 saturated carbocycles. The Balaban J connectivity index is 1.93. The van der Waals surface area contributed by atoms with E-state index >= 15 is 0 Å². The lowest BCUT2D eigenvalue weighted by Crippen LogP contribution is -2.37. The van der Waals surface area contributed by atoms with Crippen molar-refractivity contribution in [3.05, 3.63) is 56.5 Å². The van der Waals surface area contributed by atoms with Gasteiger partial charge in [0.1, 0.15) is 5.56 Å². The lowest BCUT2D eigenvalue weighted by molar-refractivity contribution is 0.0933. The highest BCUT2D eigenvalue weighted by atomic mass is 16.5. The number of nitrogens with zero attached hydrogens (tertiary/aromatic N) is 1. The van der Waals surface area contributed by atoms with Gasteiger partial charge in [0.25, 0.3) is 11.5 Å². The molecule has 1 N–H and O–H groups in total. The number of pyridine rings is 1. The van der Waals surface area contributed by atoms with Gasteiger partial charge in [-0.1, -0.05) is 13.8 Å². The molecule has 0 spiro atoms. The van der Waals surface area contributed by atoms with E-state index in [2.05, 4.69) is 19.2 Å². The number of ether oxygens (including phenoxy) is 2. The predicted octanol–water partition coefficient (Wildman–Crippen LogP) is 3.56. The maximum absolute atomic E-state index is 13.1. The molecule has 0 radical (unpaired) electrons. The van der Waals surface area contributed by atoms with Crippen LogP contribution in [-0.4, -0.2) is 24.7 Å². The number of carbonyl (C=O) groups excluding carboxylic acids is 1. The average Bonchev–Trinajstić information content (AvgIpc) is 3.05. The summed E-state index contributed by atoms with van der Waals surface area (Å²) >= 11 is 0. The van der Waals surface area contributed by atoms with Crippen LogP contribution in [0.3, 0.4) is 0 Å². The molecule has 0 fully saturated rings. The molecule has 0 unspecified atom stereocenters. The summed E-state index contributed by atoms with van der Waals surface area (Å²) in [5.41, 5.74) is 3.73. The molecule has 6 nitrogen and oxygen atoms in total. The summed E-state index contributed by atoms with van der Waals surface area (Å²) in [5, 5.41) is 3.07. The third-order valence-corrected chi connectivity index (χ3v) is 5.51. The van der Waals surface area contributed by atoms with E-state index < -0.39 is 0 Å². The molecule has 0 saturated heterocycles. The number of hydrogen-bond donors (Lipinski definition) is 1. The summed E-state index contributed by atoms with van der Waals surface area (Å²) in [6.07, 6.45) is 1.62. The number of methoxy groups -OCH3 is 2. The van der Waals surface area contributed by atoms with Crippen LogP contribution in [0.4, 0.5) is 0 Å². The second-order valence-corrected chi connectivity index (χ2v) is 8.12. The molecule has 1 heterocycles. The number of hydrogen-bond acceptors (Lipinski definition) is 4. The van der Waals surface area contributed by atoms with Crippen molar-refractivity contribution in [1.82, 2.24) is 9.88 Å². The van der Waals surface area contributed by atoms with Crippen molar-refractivity contribution in [3.8, 4) is 11.5 Å². The number of benzene rings is 1. The molecule has 156 valence electrons. The van der Waals surface area contributed by atoms with E-state index in [0.29, 0.717) is 29.5 Å². The molecule has 1 aliphatic carbocycles. The highest BCUT2D eigenvalue weighted by molar-refractivity contribution is 5.95. The minimum Gasteiger partial charge on any atom is -0.493 e. The monoisotopic (exact) mass is 398 g/mol. The van der Waals surface area contributed by atoms with E-state index in [-0.39, 0.29) is 23.1 Å². The van der Waals surface area contributed by atoms with E-state index in [0.717, 1.165) is 29.7 Å². The van der Waals surface area contributed by atoms with Gasteiger partial charge in [-0.2, -0.15) is 0 Å². The normalized spacial score (nSPS) is 15.3. The van der Waals surface area contributed by atoms with Crippen LogP contribution in [0.2, 0.25) is 0 Å². The highest BCUT2D eigenvalue weighted by Gasteiger charge is 2.28. The fourth-order valence-electron chi connectivity index (χ4n) is 4.11. The molecule has 0 aliphatic heterocycles. The van der Waals surface area contributed by atoms with Crippen LogP contribution in [0.15, 0.2) is 23.0 Å². The van der Waals surface area contributed by atoms with Crippen molar-refractivity contribution in [2.45, 2.75) is 53.1 Å². The minimum absolute atomic E-state index is 0.157. The van der Waals surface area contributed by atoms with Crippen molar-refractivity contribution in [2.24, 2.45) is 5.92 Å². The molecule has 6 heteroatoms. The number of aromatic nitrogens is 1. The molecule has 1 aromatic heterocycles. The fourth-order valence-corrected chi connectivity index (χ4v) is 4.11. The van der Waals surface area contributed by atoms with Gasteiger partial charge in [0, 0.05) is 12.2 Å². The average molecular weight is 399 g/mol. The molecule has 1 aliphatic rings. The van der Waals surface area contributed by atoms with Crippen molar-refractivity contribution in [3.63, 3.8) is 0 Å². The summed E-state index contributed by atoms with van der Waals surface area (Å²) in [4.78, 5) is 26.2. The smallest absolute Gasteiger partial charge is 0.263 e. The van der Waals surface area contributed by atoms with Crippen LogP contribution in [0.1, 0.15) is 59.1 Å². The van der Waals surface area contributed by atoms with Gasteiger partial charge < -0.3 is 19.4 Å². The SMILES string of the molecule is COc1cc2c(cc1OC)[C@@H](NC(=O)c1c(C)cc(C)n(CC(C)C)c1=O)CC2. The molecule has 0 bridgehead atoms. The van der Waals surface area contributed by atoms with Gasteiger partial charge in [-0.15, -0.1) is 0 Å². The third-order valence-electron chi connectivity index (χ3n) is 5.51. The van der Waals surface area contributed by atoms with Gasteiger partial charge in [0.05, 0.1) is 20.3 Å². The van der Waals surface area contributed by atoms with Gasteiger partial charge in [0.2, 0.25) is 0 Å². The Kier molecular flexibility index (Phi) is 6.01. The Morgan fingerprint density at radius 1 is 1.17 bits per heavy atom. The minimum atomic E-state index is -0.322. The second kappa shape index (κ2) is 8.31. The van der Waals surface area contributed by atoms with Crippen LogP contribution in [-0.2, 0) is 13.0 Å². The lowest BCUT2D eigenvalue weighted by Gasteiger charge is -2.19. The molecule has 3 rings (SSSR count). The summed E-state index contributed by atoms with van der Waals surface area (Å²) in [6, 6.07) is 5.64. The first kappa shape index (κ1) is 21.0. The number of aryl methyl sites for hydroxylation is 3. The predicted molar refractivity (Wildman–Crippen MR) is 113 cm³/mol. The van der Waals surface area contributed by atoms with Crippen LogP contribution in [0.5, 0.6) is 11.5 Å². The Bertz CT molecular complexity index is 991. The van der Waals surface area contributed by atoms with Crippen LogP contribution >= 0.6 is 0 Å². The Morgan fingerprint density at radius 2 is 1.83 bits per heavy atom. The van der Waals surface area contributed by atoms with Gasteiger partial charge in [-0.05, 0) is 67.5 Å². The summed E-state index contributed by atoms with van der Waals surface area (Å²) < 4.78 is 12.5. The van der Waals surface area contributed by atoms with E-state index in [9.17, 15) is 9.59 Å². The van der Waals surface area contributed by atoms with E-state index in [1.165, 1.54) is 0 Å².